The van der Waals surface area contributed by atoms with Crippen LogP contribution in [0.4, 0.5) is 0 Å². The van der Waals surface area contributed by atoms with Crippen LogP contribution in [0.2, 0.25) is 0 Å². The van der Waals surface area contributed by atoms with Crippen molar-refractivity contribution in [3.63, 3.8) is 0 Å². The first-order chi connectivity index (χ1) is 29.4. The van der Waals surface area contributed by atoms with Crippen LogP contribution in [0, 0.1) is 23.7 Å². The number of carbonyl (C=O) groups excluding carboxylic acids is 5. The highest BCUT2D eigenvalue weighted by Crippen LogP contribution is 2.30. The molecule has 1 aromatic rings. The van der Waals surface area contributed by atoms with Crippen LogP contribution in [0.15, 0.2) is 30.3 Å². The van der Waals surface area contributed by atoms with Crippen molar-refractivity contribution >= 4 is 29.5 Å². The smallest absolute Gasteiger partial charge is 0.245 e. The number of nitrogens with two attached hydrogens (primary N) is 1. The van der Waals surface area contributed by atoms with E-state index in [2.05, 4.69) is 10.6 Å². The van der Waals surface area contributed by atoms with Crippen molar-refractivity contribution in [2.24, 2.45) is 29.4 Å². The lowest BCUT2D eigenvalue weighted by Crippen LogP contribution is -2.60. The van der Waals surface area contributed by atoms with E-state index in [-0.39, 0.29) is 66.9 Å². The van der Waals surface area contributed by atoms with Crippen LogP contribution in [0.1, 0.15) is 99.2 Å². The summed E-state index contributed by atoms with van der Waals surface area (Å²) in [6.45, 7) is 17.1. The molecule has 5 amide bonds. The molecule has 354 valence electrons. The Labute approximate surface area is 371 Å². The summed E-state index contributed by atoms with van der Waals surface area (Å²) in [5, 5.41) is 16.8. The molecular weight excluding hydrogens is 797 g/mol. The Hall–Kier alpha value is -3.67. The fourth-order valence-corrected chi connectivity index (χ4v) is 8.47. The van der Waals surface area contributed by atoms with Crippen molar-refractivity contribution < 1.29 is 48.0 Å². The van der Waals surface area contributed by atoms with Crippen LogP contribution in [0.3, 0.4) is 0 Å². The molecule has 0 radical (unpaired) electrons. The summed E-state index contributed by atoms with van der Waals surface area (Å²) in [5.74, 6) is -2.80. The van der Waals surface area contributed by atoms with Crippen molar-refractivity contribution in [2.45, 2.75) is 136 Å². The molecule has 1 aliphatic heterocycles. The molecule has 1 saturated heterocycles. The third kappa shape index (κ3) is 15.5. The van der Waals surface area contributed by atoms with Gasteiger partial charge in [-0.3, -0.25) is 24.0 Å². The highest BCUT2D eigenvalue weighted by molar-refractivity contribution is 5.92. The first kappa shape index (κ1) is 54.5. The van der Waals surface area contributed by atoms with Crippen molar-refractivity contribution in [1.29, 1.82) is 0 Å². The number of methoxy groups -OCH3 is 2. The number of ether oxygens (including phenoxy) is 4. The molecule has 10 atom stereocenters. The Kier molecular flexibility index (Phi) is 24.2. The quantitative estimate of drug-likeness (QED) is 0.0902. The van der Waals surface area contributed by atoms with E-state index < -0.39 is 54.3 Å². The van der Waals surface area contributed by atoms with Crippen molar-refractivity contribution in [3.8, 4) is 0 Å². The number of carbonyl (C=O) groups is 5. The van der Waals surface area contributed by atoms with Crippen LogP contribution in [0.25, 0.3) is 0 Å². The SMILES string of the molecule is CC[C@H](C)[C@@H]([C@@H](CC(=O)N1CCC[C@H]1[C@H](OC)[C@@H](C)C(=O)NC(C)[C@@H](O)c1ccccc1)OC)N(C)C(=O)[C@@H](NC(=O)[C@H](C(C)C)N(C)C(=O)CCOCCOCCN)C(C)C. The number of nitrogens with zero attached hydrogens (tertiary/aromatic N) is 3. The number of aliphatic hydroxyl groups excluding tert-OH is 1. The Balaban J connectivity index is 2.21. The Bertz CT molecular complexity index is 1520. The minimum absolute atomic E-state index is 0.0254. The number of amides is 5. The molecule has 16 nitrogen and oxygen atoms in total. The lowest BCUT2D eigenvalue weighted by atomic mass is 9.89. The van der Waals surface area contributed by atoms with Crippen LogP contribution in [0.5, 0.6) is 0 Å². The van der Waals surface area contributed by atoms with E-state index in [9.17, 15) is 29.1 Å². The van der Waals surface area contributed by atoms with Gasteiger partial charge in [0.15, 0.2) is 0 Å². The second-order valence-corrected chi connectivity index (χ2v) is 17.4. The summed E-state index contributed by atoms with van der Waals surface area (Å²) in [4.78, 5) is 74.3. The molecule has 62 heavy (non-hydrogen) atoms. The van der Waals surface area contributed by atoms with Gasteiger partial charge in [-0.2, -0.15) is 0 Å². The van der Waals surface area contributed by atoms with Crippen molar-refractivity contribution in [1.82, 2.24) is 25.3 Å². The second-order valence-electron chi connectivity index (χ2n) is 17.4. The van der Waals surface area contributed by atoms with Crippen LogP contribution < -0.4 is 16.4 Å². The van der Waals surface area contributed by atoms with E-state index in [1.54, 1.807) is 37.7 Å². The van der Waals surface area contributed by atoms with Crippen molar-refractivity contribution in [2.75, 3.05) is 67.8 Å². The normalized spacial score (nSPS) is 18.6. The van der Waals surface area contributed by atoms with E-state index in [4.69, 9.17) is 24.7 Å². The standard InChI is InChI=1S/C46H80N6O10/c1-13-31(6)41(51(10)46(58)39(29(2)3)49-45(57)40(30(4)5)50(9)37(53)21-24-61-26-27-62-25-22-47)36(59-11)28-38(54)52-23-17-20-35(52)43(60-12)32(7)44(56)48-33(8)42(55)34-18-15-14-16-19-34/h14-16,18-19,29-33,35-36,39-43,55H,13,17,20-28,47H2,1-12H3,(H,48,56)(H,49,57)/t31-,32+,33?,35-,36+,39-,40-,41-,42+,43+/m0/s1. The summed E-state index contributed by atoms with van der Waals surface area (Å²) in [5.41, 5.74) is 6.12. The topological polar surface area (TPSA) is 202 Å². The fraction of sp³-hybridized carbons (Fsp3) is 0.761. The van der Waals surface area contributed by atoms with Gasteiger partial charge in [0.2, 0.25) is 29.5 Å². The van der Waals surface area contributed by atoms with Gasteiger partial charge in [-0.15, -0.1) is 0 Å². The van der Waals surface area contributed by atoms with Gasteiger partial charge in [0, 0.05) is 41.4 Å². The molecule has 16 heteroatoms. The lowest BCUT2D eigenvalue weighted by Gasteiger charge is -2.41. The number of nitrogens with one attached hydrogen (secondary N) is 2. The Morgan fingerprint density at radius 3 is 2.03 bits per heavy atom. The molecule has 1 heterocycles. The van der Waals surface area contributed by atoms with E-state index in [1.165, 1.54) is 19.1 Å². The number of benzene rings is 1. The maximum Gasteiger partial charge on any atom is 0.245 e. The highest BCUT2D eigenvalue weighted by Gasteiger charge is 2.43. The fourth-order valence-electron chi connectivity index (χ4n) is 8.47. The summed E-state index contributed by atoms with van der Waals surface area (Å²) < 4.78 is 22.8. The lowest BCUT2D eigenvalue weighted by molar-refractivity contribution is -0.148. The maximum atomic E-state index is 14.5. The third-order valence-electron chi connectivity index (χ3n) is 12.3. The molecular formula is C46H80N6O10. The number of hydrogen-bond donors (Lipinski definition) is 4. The Morgan fingerprint density at radius 2 is 1.48 bits per heavy atom. The van der Waals surface area contributed by atoms with Gasteiger partial charge < -0.3 is 55.1 Å². The number of likely N-dealkylation sites (tertiary alicyclic amines) is 1. The average molecular weight is 877 g/mol. The van der Waals surface area contributed by atoms with Gasteiger partial charge in [-0.05, 0) is 43.1 Å². The molecule has 0 aromatic heterocycles. The van der Waals surface area contributed by atoms with Crippen LogP contribution in [-0.4, -0.2) is 160 Å². The highest BCUT2D eigenvalue weighted by atomic mass is 16.5. The molecule has 0 aliphatic carbocycles. The molecule has 1 unspecified atom stereocenters. The maximum absolute atomic E-state index is 14.5. The van der Waals surface area contributed by atoms with Crippen LogP contribution in [-0.2, 0) is 42.9 Å². The van der Waals surface area contributed by atoms with E-state index in [0.717, 1.165) is 6.42 Å². The zero-order valence-corrected chi connectivity index (χ0v) is 39.6. The first-order valence-corrected chi connectivity index (χ1v) is 22.4. The van der Waals surface area contributed by atoms with Gasteiger partial charge in [-0.1, -0.05) is 85.2 Å². The van der Waals surface area contributed by atoms with E-state index in [0.29, 0.717) is 51.3 Å². The first-order valence-electron chi connectivity index (χ1n) is 22.4. The molecule has 2 rings (SSSR count). The number of hydrogen-bond acceptors (Lipinski definition) is 11. The monoisotopic (exact) mass is 877 g/mol. The van der Waals surface area contributed by atoms with Gasteiger partial charge >= 0.3 is 0 Å². The molecule has 0 bridgehead atoms. The molecule has 0 saturated carbocycles. The number of aliphatic hydroxyl groups is 1. The third-order valence-corrected chi connectivity index (χ3v) is 12.3. The van der Waals surface area contributed by atoms with Gasteiger partial charge in [0.25, 0.3) is 0 Å². The zero-order chi connectivity index (χ0) is 46.7. The zero-order valence-electron chi connectivity index (χ0n) is 39.6. The summed E-state index contributed by atoms with van der Waals surface area (Å²) in [6.07, 6.45) is -0.106. The number of rotatable bonds is 28. The molecule has 1 aromatic carbocycles. The number of likely N-dealkylation sites (N-methyl/N-ethyl adjacent to an activating group) is 2. The molecule has 0 spiro atoms. The minimum Gasteiger partial charge on any atom is -0.386 e. The van der Waals surface area contributed by atoms with Crippen LogP contribution >= 0.6 is 0 Å². The van der Waals surface area contributed by atoms with E-state index in [1.807, 2.05) is 71.9 Å². The predicted octanol–water partition coefficient (Wildman–Crippen LogP) is 3.15. The Morgan fingerprint density at radius 1 is 0.855 bits per heavy atom. The van der Waals surface area contributed by atoms with Gasteiger partial charge in [-0.25, -0.2) is 0 Å². The average Bonchev–Trinajstić information content (AvgIpc) is 3.74. The summed E-state index contributed by atoms with van der Waals surface area (Å²) in [6, 6.07) is 5.89. The minimum atomic E-state index is -0.927. The summed E-state index contributed by atoms with van der Waals surface area (Å²) >= 11 is 0. The van der Waals surface area contributed by atoms with E-state index >= 15 is 0 Å². The van der Waals surface area contributed by atoms with Gasteiger partial charge in [0.1, 0.15) is 12.1 Å². The second kappa shape index (κ2) is 27.5. The van der Waals surface area contributed by atoms with Gasteiger partial charge in [0.05, 0.1) is 81.6 Å². The molecule has 1 fully saturated rings. The summed E-state index contributed by atoms with van der Waals surface area (Å²) in [7, 11) is 6.34. The molecule has 5 N–H and O–H groups in total. The predicted molar refractivity (Wildman–Crippen MR) is 239 cm³/mol. The van der Waals surface area contributed by atoms with Crippen molar-refractivity contribution in [3.05, 3.63) is 35.9 Å². The largest absolute Gasteiger partial charge is 0.386 e. The molecule has 1 aliphatic rings.